The summed E-state index contributed by atoms with van der Waals surface area (Å²) in [4.78, 5) is 2.34. The van der Waals surface area contributed by atoms with E-state index >= 15 is 0 Å². The second kappa shape index (κ2) is 2.67. The summed E-state index contributed by atoms with van der Waals surface area (Å²) in [5.74, 6) is 0.684. The second-order valence-electron chi connectivity index (χ2n) is 3.19. The molecule has 0 amide bonds. The molecule has 0 spiro atoms. The highest BCUT2D eigenvalue weighted by atomic mass is 15.1. The molecule has 1 rings (SSSR count). The minimum atomic E-state index is 0.446. The van der Waals surface area contributed by atoms with Gasteiger partial charge in [0.2, 0.25) is 0 Å². The summed E-state index contributed by atoms with van der Waals surface area (Å²) in [5.41, 5.74) is 5.81. The SMILES string of the molecule is CC1CN(C)CCC1N. The predicted molar refractivity (Wildman–Crippen MR) is 39.3 cm³/mol. The van der Waals surface area contributed by atoms with Gasteiger partial charge >= 0.3 is 0 Å². The summed E-state index contributed by atoms with van der Waals surface area (Å²) in [6, 6.07) is 0.446. The van der Waals surface area contributed by atoms with Crippen LogP contribution in [0.5, 0.6) is 0 Å². The van der Waals surface area contributed by atoms with Crippen molar-refractivity contribution in [3.8, 4) is 0 Å². The van der Waals surface area contributed by atoms with Crippen molar-refractivity contribution in [1.29, 1.82) is 0 Å². The van der Waals surface area contributed by atoms with Crippen LogP contribution in [0.25, 0.3) is 0 Å². The summed E-state index contributed by atoms with van der Waals surface area (Å²) >= 11 is 0. The van der Waals surface area contributed by atoms with Crippen molar-refractivity contribution in [2.24, 2.45) is 11.7 Å². The molecular formula is C7H16N2. The first-order valence-corrected chi connectivity index (χ1v) is 3.64. The highest BCUT2D eigenvalue weighted by Crippen LogP contribution is 2.12. The monoisotopic (exact) mass is 128 g/mol. The van der Waals surface area contributed by atoms with Crippen molar-refractivity contribution in [2.45, 2.75) is 19.4 Å². The fourth-order valence-electron chi connectivity index (χ4n) is 1.37. The molecule has 1 fully saturated rings. The fraction of sp³-hybridized carbons (Fsp3) is 1.00. The standard InChI is InChI=1S/C7H16N2/c1-6-5-9(2)4-3-7(6)8/h6-7H,3-5,8H2,1-2H3. The molecule has 1 saturated heterocycles. The van der Waals surface area contributed by atoms with Crippen molar-refractivity contribution in [3.05, 3.63) is 0 Å². The van der Waals surface area contributed by atoms with Crippen LogP contribution in [0.1, 0.15) is 13.3 Å². The van der Waals surface area contributed by atoms with Crippen LogP contribution in [0.15, 0.2) is 0 Å². The van der Waals surface area contributed by atoms with Crippen LogP contribution in [0.2, 0.25) is 0 Å². The van der Waals surface area contributed by atoms with E-state index in [1.54, 1.807) is 0 Å². The van der Waals surface area contributed by atoms with E-state index in [0.29, 0.717) is 12.0 Å². The van der Waals surface area contributed by atoms with Gasteiger partial charge in [0, 0.05) is 12.6 Å². The lowest BCUT2D eigenvalue weighted by atomic mass is 9.95. The Kier molecular flexibility index (Phi) is 2.09. The van der Waals surface area contributed by atoms with Crippen LogP contribution >= 0.6 is 0 Å². The lowest BCUT2D eigenvalue weighted by Crippen LogP contribution is -2.44. The number of nitrogens with zero attached hydrogens (tertiary/aromatic N) is 1. The normalized spacial score (nSPS) is 39.0. The number of piperidine rings is 1. The zero-order valence-electron chi connectivity index (χ0n) is 6.30. The molecule has 0 aromatic rings. The molecule has 54 valence electrons. The molecule has 0 aromatic heterocycles. The Labute approximate surface area is 57.0 Å². The van der Waals surface area contributed by atoms with Gasteiger partial charge in [0.05, 0.1) is 0 Å². The quantitative estimate of drug-likeness (QED) is 0.508. The van der Waals surface area contributed by atoms with E-state index in [1.165, 1.54) is 13.1 Å². The van der Waals surface area contributed by atoms with Gasteiger partial charge in [0.15, 0.2) is 0 Å². The maximum Gasteiger partial charge on any atom is 0.00888 e. The first-order valence-electron chi connectivity index (χ1n) is 3.64. The molecule has 0 saturated carbocycles. The van der Waals surface area contributed by atoms with Crippen molar-refractivity contribution in [2.75, 3.05) is 20.1 Å². The third-order valence-electron chi connectivity index (χ3n) is 2.17. The Balaban J connectivity index is 2.35. The molecule has 1 aliphatic rings. The van der Waals surface area contributed by atoms with E-state index in [1.807, 2.05) is 0 Å². The number of hydrogen-bond donors (Lipinski definition) is 1. The molecule has 0 radical (unpaired) electrons. The molecule has 9 heavy (non-hydrogen) atoms. The van der Waals surface area contributed by atoms with Gasteiger partial charge in [-0.3, -0.25) is 0 Å². The van der Waals surface area contributed by atoms with Gasteiger partial charge in [-0.25, -0.2) is 0 Å². The van der Waals surface area contributed by atoms with E-state index in [2.05, 4.69) is 18.9 Å². The van der Waals surface area contributed by atoms with Gasteiger partial charge < -0.3 is 10.6 Å². The maximum absolute atomic E-state index is 5.81. The van der Waals surface area contributed by atoms with Crippen molar-refractivity contribution < 1.29 is 0 Å². The Hall–Kier alpha value is -0.0800. The largest absolute Gasteiger partial charge is 0.327 e. The van der Waals surface area contributed by atoms with Gasteiger partial charge in [0.1, 0.15) is 0 Å². The fourth-order valence-corrected chi connectivity index (χ4v) is 1.37. The molecule has 2 heteroatoms. The van der Waals surface area contributed by atoms with E-state index in [9.17, 15) is 0 Å². The lowest BCUT2D eigenvalue weighted by Gasteiger charge is -2.32. The summed E-state index contributed by atoms with van der Waals surface area (Å²) in [6.07, 6.45) is 1.16. The molecule has 2 nitrogen and oxygen atoms in total. The Morgan fingerprint density at radius 2 is 2.22 bits per heavy atom. The van der Waals surface area contributed by atoms with E-state index in [0.717, 1.165) is 6.42 Å². The van der Waals surface area contributed by atoms with Crippen LogP contribution in [0.3, 0.4) is 0 Å². The van der Waals surface area contributed by atoms with Crippen molar-refractivity contribution in [3.63, 3.8) is 0 Å². The number of likely N-dealkylation sites (tertiary alicyclic amines) is 1. The number of rotatable bonds is 0. The first kappa shape index (κ1) is 7.03. The summed E-state index contributed by atoms with van der Waals surface area (Å²) in [6.45, 7) is 4.56. The van der Waals surface area contributed by atoms with E-state index < -0.39 is 0 Å². The van der Waals surface area contributed by atoms with Crippen LogP contribution in [-0.4, -0.2) is 31.1 Å². The molecule has 2 unspecified atom stereocenters. The smallest absolute Gasteiger partial charge is 0.00888 e. The van der Waals surface area contributed by atoms with Crippen LogP contribution in [-0.2, 0) is 0 Å². The predicted octanol–water partition coefficient (Wildman–Crippen LogP) is 0.285. The van der Waals surface area contributed by atoms with Gasteiger partial charge in [-0.05, 0) is 25.9 Å². The third kappa shape index (κ3) is 1.66. The second-order valence-corrected chi connectivity index (χ2v) is 3.19. The van der Waals surface area contributed by atoms with Crippen LogP contribution < -0.4 is 5.73 Å². The van der Waals surface area contributed by atoms with E-state index in [-0.39, 0.29) is 0 Å². The first-order chi connectivity index (χ1) is 4.20. The Morgan fingerprint density at radius 3 is 2.67 bits per heavy atom. The third-order valence-corrected chi connectivity index (χ3v) is 2.17. The molecule has 0 aliphatic carbocycles. The van der Waals surface area contributed by atoms with Gasteiger partial charge in [-0.2, -0.15) is 0 Å². The minimum absolute atomic E-state index is 0.446. The zero-order chi connectivity index (χ0) is 6.85. The summed E-state index contributed by atoms with van der Waals surface area (Å²) in [5, 5.41) is 0. The van der Waals surface area contributed by atoms with Gasteiger partial charge in [-0.15, -0.1) is 0 Å². The van der Waals surface area contributed by atoms with Crippen LogP contribution in [0, 0.1) is 5.92 Å². The Bertz CT molecular complexity index is 92.9. The summed E-state index contributed by atoms with van der Waals surface area (Å²) < 4.78 is 0. The molecule has 1 aliphatic heterocycles. The van der Waals surface area contributed by atoms with Crippen LogP contribution in [0.4, 0.5) is 0 Å². The van der Waals surface area contributed by atoms with Crippen molar-refractivity contribution in [1.82, 2.24) is 4.90 Å². The highest BCUT2D eigenvalue weighted by Gasteiger charge is 2.19. The number of nitrogens with two attached hydrogens (primary N) is 1. The Morgan fingerprint density at radius 1 is 1.56 bits per heavy atom. The van der Waals surface area contributed by atoms with Crippen molar-refractivity contribution >= 4 is 0 Å². The highest BCUT2D eigenvalue weighted by molar-refractivity contribution is 4.77. The minimum Gasteiger partial charge on any atom is -0.327 e. The molecule has 2 atom stereocenters. The molecule has 1 heterocycles. The van der Waals surface area contributed by atoms with Gasteiger partial charge in [-0.1, -0.05) is 6.92 Å². The molecular weight excluding hydrogens is 112 g/mol. The topological polar surface area (TPSA) is 29.3 Å². The average Bonchev–Trinajstić information content (AvgIpc) is 1.80. The maximum atomic E-state index is 5.81. The molecule has 0 aromatic carbocycles. The number of hydrogen-bond acceptors (Lipinski definition) is 2. The zero-order valence-corrected chi connectivity index (χ0v) is 6.30. The average molecular weight is 128 g/mol. The molecule has 2 N–H and O–H groups in total. The molecule has 0 bridgehead atoms. The summed E-state index contributed by atoms with van der Waals surface area (Å²) in [7, 11) is 2.16. The van der Waals surface area contributed by atoms with Gasteiger partial charge in [0.25, 0.3) is 0 Å². The van der Waals surface area contributed by atoms with E-state index in [4.69, 9.17) is 5.73 Å². The lowest BCUT2D eigenvalue weighted by molar-refractivity contribution is 0.197.